The highest BCUT2D eigenvalue weighted by atomic mass is 15.2. The van der Waals surface area contributed by atoms with E-state index in [1.165, 1.54) is 22.3 Å². The van der Waals surface area contributed by atoms with E-state index < -0.39 is 0 Å². The van der Waals surface area contributed by atoms with Crippen LogP contribution in [0.4, 0.5) is 0 Å². The van der Waals surface area contributed by atoms with Crippen LogP contribution in [0.1, 0.15) is 56.0 Å². The van der Waals surface area contributed by atoms with Crippen molar-refractivity contribution in [2.45, 2.75) is 60.5 Å². The lowest BCUT2D eigenvalue weighted by Gasteiger charge is -2.40. The summed E-state index contributed by atoms with van der Waals surface area (Å²) in [5.74, 6) is 0. The first-order chi connectivity index (χ1) is 9.09. The van der Waals surface area contributed by atoms with Crippen LogP contribution in [0, 0.1) is 26.2 Å². The third kappa shape index (κ3) is 3.62. The molecule has 0 fully saturated rings. The minimum atomic E-state index is 0.246. The fourth-order valence-electron chi connectivity index (χ4n) is 2.74. The van der Waals surface area contributed by atoms with E-state index in [2.05, 4.69) is 72.5 Å². The third-order valence-electron chi connectivity index (χ3n) is 4.82. The lowest BCUT2D eigenvalue weighted by Crippen LogP contribution is -2.44. The summed E-state index contributed by atoms with van der Waals surface area (Å²) in [4.78, 5) is 2.43. The second-order valence-corrected chi connectivity index (χ2v) is 7.25. The van der Waals surface area contributed by atoms with E-state index in [4.69, 9.17) is 5.73 Å². The Balaban J connectivity index is 3.17. The Morgan fingerprint density at radius 3 is 2.00 bits per heavy atom. The van der Waals surface area contributed by atoms with Crippen LogP contribution >= 0.6 is 0 Å². The minimum absolute atomic E-state index is 0.246. The van der Waals surface area contributed by atoms with Gasteiger partial charge in [0.1, 0.15) is 0 Å². The van der Waals surface area contributed by atoms with Crippen LogP contribution in [0.15, 0.2) is 12.1 Å². The third-order valence-corrected chi connectivity index (χ3v) is 4.82. The van der Waals surface area contributed by atoms with Crippen LogP contribution in [0.5, 0.6) is 0 Å². The monoisotopic (exact) mass is 276 g/mol. The molecule has 2 atom stereocenters. The van der Waals surface area contributed by atoms with Gasteiger partial charge in [-0.1, -0.05) is 32.9 Å². The molecule has 2 nitrogen and oxygen atoms in total. The summed E-state index contributed by atoms with van der Waals surface area (Å²) < 4.78 is 0. The minimum Gasteiger partial charge on any atom is -0.329 e. The number of hydrogen-bond acceptors (Lipinski definition) is 2. The summed E-state index contributed by atoms with van der Waals surface area (Å²) in [6.07, 6.45) is 0. The van der Waals surface area contributed by atoms with Crippen molar-refractivity contribution < 1.29 is 0 Å². The Bertz CT molecular complexity index is 457. The first kappa shape index (κ1) is 17.2. The Morgan fingerprint density at radius 1 is 1.05 bits per heavy atom. The molecule has 2 unspecified atom stereocenters. The number of benzene rings is 1. The van der Waals surface area contributed by atoms with Crippen molar-refractivity contribution in [3.05, 3.63) is 34.4 Å². The number of hydrogen-bond donors (Lipinski definition) is 1. The summed E-state index contributed by atoms with van der Waals surface area (Å²) >= 11 is 0. The molecule has 2 heteroatoms. The van der Waals surface area contributed by atoms with E-state index in [1.807, 2.05) is 0 Å². The second kappa shape index (κ2) is 6.28. The highest BCUT2D eigenvalue weighted by Gasteiger charge is 2.29. The largest absolute Gasteiger partial charge is 0.329 e. The maximum absolute atomic E-state index is 6.10. The van der Waals surface area contributed by atoms with E-state index in [-0.39, 0.29) is 11.5 Å². The average Bonchev–Trinajstić information content (AvgIpc) is 2.34. The molecular weight excluding hydrogens is 244 g/mol. The van der Waals surface area contributed by atoms with Gasteiger partial charge < -0.3 is 5.73 Å². The van der Waals surface area contributed by atoms with E-state index in [0.29, 0.717) is 12.6 Å². The molecule has 0 aliphatic carbocycles. The molecule has 0 spiro atoms. The van der Waals surface area contributed by atoms with Crippen molar-refractivity contribution in [3.63, 3.8) is 0 Å². The van der Waals surface area contributed by atoms with Crippen LogP contribution in [0.3, 0.4) is 0 Å². The Hall–Kier alpha value is -0.860. The number of nitrogens with two attached hydrogens (primary N) is 1. The molecule has 0 heterocycles. The molecule has 1 aromatic rings. The molecule has 114 valence electrons. The summed E-state index contributed by atoms with van der Waals surface area (Å²) in [5, 5.41) is 0. The molecule has 2 N–H and O–H groups in total. The van der Waals surface area contributed by atoms with Crippen LogP contribution in [0.2, 0.25) is 0 Å². The van der Waals surface area contributed by atoms with Crippen molar-refractivity contribution >= 4 is 0 Å². The number of aryl methyl sites for hydroxylation is 3. The standard InChI is InChI=1S/C18H32N2/c1-12-9-14(3)16(10-13(12)2)17(11-19)20(8)15(4)18(5,6)7/h9-10,15,17H,11,19H2,1-8H3. The smallest absolute Gasteiger partial charge is 0.0473 e. The van der Waals surface area contributed by atoms with Gasteiger partial charge in [0.2, 0.25) is 0 Å². The first-order valence-corrected chi connectivity index (χ1v) is 7.59. The summed E-state index contributed by atoms with van der Waals surface area (Å²) in [7, 11) is 2.20. The highest BCUT2D eigenvalue weighted by Crippen LogP contribution is 2.31. The van der Waals surface area contributed by atoms with E-state index in [0.717, 1.165) is 0 Å². The van der Waals surface area contributed by atoms with Crippen LogP contribution in [-0.4, -0.2) is 24.5 Å². The van der Waals surface area contributed by atoms with Gasteiger partial charge in [-0.3, -0.25) is 4.90 Å². The number of rotatable bonds is 4. The molecule has 0 bridgehead atoms. The van der Waals surface area contributed by atoms with Crippen molar-refractivity contribution in [1.82, 2.24) is 4.90 Å². The fourth-order valence-corrected chi connectivity index (χ4v) is 2.74. The van der Waals surface area contributed by atoms with Gasteiger partial charge >= 0.3 is 0 Å². The SMILES string of the molecule is Cc1cc(C)c(C(CN)N(C)C(C)C(C)(C)C)cc1C. The lowest BCUT2D eigenvalue weighted by molar-refractivity contribution is 0.0998. The second-order valence-electron chi connectivity index (χ2n) is 7.25. The van der Waals surface area contributed by atoms with Crippen molar-refractivity contribution in [2.75, 3.05) is 13.6 Å². The summed E-state index contributed by atoms with van der Waals surface area (Å²) in [5.41, 5.74) is 11.8. The zero-order chi connectivity index (χ0) is 15.7. The van der Waals surface area contributed by atoms with Gasteiger partial charge in [0.15, 0.2) is 0 Å². The molecule has 0 amide bonds. The fraction of sp³-hybridized carbons (Fsp3) is 0.667. The molecule has 0 aliphatic rings. The quantitative estimate of drug-likeness (QED) is 0.901. The Kier molecular flexibility index (Phi) is 5.39. The van der Waals surface area contributed by atoms with Gasteiger partial charge in [-0.05, 0) is 62.4 Å². The Morgan fingerprint density at radius 2 is 1.55 bits per heavy atom. The summed E-state index contributed by atoms with van der Waals surface area (Å²) in [6, 6.07) is 5.34. The van der Waals surface area contributed by atoms with Crippen LogP contribution < -0.4 is 5.73 Å². The van der Waals surface area contributed by atoms with Crippen LogP contribution in [0.25, 0.3) is 0 Å². The van der Waals surface area contributed by atoms with Crippen molar-refractivity contribution in [3.8, 4) is 0 Å². The molecule has 1 rings (SSSR count). The number of likely N-dealkylation sites (N-methyl/N-ethyl adjacent to an activating group) is 1. The predicted octanol–water partition coefficient (Wildman–Crippen LogP) is 3.98. The van der Waals surface area contributed by atoms with Gasteiger partial charge in [-0.15, -0.1) is 0 Å². The topological polar surface area (TPSA) is 29.3 Å². The van der Waals surface area contributed by atoms with Crippen molar-refractivity contribution in [2.24, 2.45) is 11.1 Å². The zero-order valence-corrected chi connectivity index (χ0v) is 14.5. The van der Waals surface area contributed by atoms with E-state index >= 15 is 0 Å². The average molecular weight is 276 g/mol. The molecule has 0 saturated carbocycles. The number of nitrogens with zero attached hydrogens (tertiary/aromatic N) is 1. The van der Waals surface area contributed by atoms with Gasteiger partial charge in [0.25, 0.3) is 0 Å². The molecule has 20 heavy (non-hydrogen) atoms. The Labute approximate surface area is 125 Å². The molecule has 0 aliphatic heterocycles. The molecule has 0 aromatic heterocycles. The van der Waals surface area contributed by atoms with Gasteiger partial charge in [0, 0.05) is 18.6 Å². The van der Waals surface area contributed by atoms with Gasteiger partial charge in [-0.25, -0.2) is 0 Å². The first-order valence-electron chi connectivity index (χ1n) is 7.59. The zero-order valence-electron chi connectivity index (χ0n) is 14.5. The summed E-state index contributed by atoms with van der Waals surface area (Å²) in [6.45, 7) is 16.3. The molecular formula is C18H32N2. The van der Waals surface area contributed by atoms with Gasteiger partial charge in [-0.2, -0.15) is 0 Å². The van der Waals surface area contributed by atoms with E-state index in [1.54, 1.807) is 0 Å². The predicted molar refractivity (Wildman–Crippen MR) is 89.1 cm³/mol. The molecule has 0 radical (unpaired) electrons. The normalized spacial score (nSPS) is 15.5. The molecule has 1 aromatic carbocycles. The van der Waals surface area contributed by atoms with Crippen LogP contribution in [-0.2, 0) is 0 Å². The van der Waals surface area contributed by atoms with E-state index in [9.17, 15) is 0 Å². The van der Waals surface area contributed by atoms with Crippen molar-refractivity contribution in [1.29, 1.82) is 0 Å². The maximum Gasteiger partial charge on any atom is 0.0473 e. The lowest BCUT2D eigenvalue weighted by atomic mass is 9.85. The van der Waals surface area contributed by atoms with Gasteiger partial charge in [0.05, 0.1) is 0 Å². The maximum atomic E-state index is 6.10. The highest BCUT2D eigenvalue weighted by molar-refractivity contribution is 5.38. The molecule has 0 saturated heterocycles.